The monoisotopic (exact) mass is 205 g/mol. The second-order valence-electron chi connectivity index (χ2n) is 4.18. The summed E-state index contributed by atoms with van der Waals surface area (Å²) in [6.45, 7) is 3.61. The van der Waals surface area contributed by atoms with E-state index in [9.17, 15) is 4.79 Å². The van der Waals surface area contributed by atoms with Crippen LogP contribution in [0, 0.1) is 5.92 Å². The van der Waals surface area contributed by atoms with Gasteiger partial charge in [-0.25, -0.2) is 0 Å². The quantitative estimate of drug-likeness (QED) is 0.814. The summed E-state index contributed by atoms with van der Waals surface area (Å²) in [5, 5.41) is 9.01. The number of nitrogens with zero attached hydrogens (tertiary/aromatic N) is 1. The van der Waals surface area contributed by atoms with Crippen LogP contribution in [-0.4, -0.2) is 28.6 Å². The molecule has 1 fully saturated rings. The molecule has 3 heteroatoms. The molecule has 2 rings (SSSR count). The summed E-state index contributed by atoms with van der Waals surface area (Å²) in [5.74, 6) is -0.434. The largest absolute Gasteiger partial charge is 0.480 e. The van der Waals surface area contributed by atoms with Crippen LogP contribution in [0.5, 0.6) is 0 Å². The van der Waals surface area contributed by atoms with E-state index in [4.69, 9.17) is 5.11 Å². The zero-order valence-electron chi connectivity index (χ0n) is 8.76. The van der Waals surface area contributed by atoms with Crippen molar-refractivity contribution in [3.05, 3.63) is 35.9 Å². The third-order valence-corrected chi connectivity index (χ3v) is 2.94. The van der Waals surface area contributed by atoms with Gasteiger partial charge < -0.3 is 5.11 Å². The topological polar surface area (TPSA) is 40.5 Å². The number of carboxylic acids is 1. The van der Waals surface area contributed by atoms with E-state index in [1.807, 2.05) is 42.2 Å². The maximum Gasteiger partial charge on any atom is 0.321 e. The molecule has 0 amide bonds. The van der Waals surface area contributed by atoms with Crippen LogP contribution in [0.15, 0.2) is 30.3 Å². The first-order valence-electron chi connectivity index (χ1n) is 5.19. The second kappa shape index (κ2) is 4.03. The van der Waals surface area contributed by atoms with Crippen molar-refractivity contribution < 1.29 is 9.90 Å². The average Bonchev–Trinajstić information content (AvgIpc) is 2.17. The van der Waals surface area contributed by atoms with Crippen LogP contribution in [0.2, 0.25) is 0 Å². The molecule has 1 saturated heterocycles. The van der Waals surface area contributed by atoms with Crippen LogP contribution in [-0.2, 0) is 11.3 Å². The third-order valence-electron chi connectivity index (χ3n) is 2.94. The summed E-state index contributed by atoms with van der Waals surface area (Å²) in [7, 11) is 0. The van der Waals surface area contributed by atoms with Gasteiger partial charge in [-0.3, -0.25) is 9.69 Å². The van der Waals surface area contributed by atoms with Crippen LogP contribution in [0.4, 0.5) is 0 Å². The van der Waals surface area contributed by atoms with E-state index in [0.29, 0.717) is 0 Å². The number of benzene rings is 1. The number of likely N-dealkylation sites (tertiary alicyclic amines) is 1. The molecular weight excluding hydrogens is 190 g/mol. The molecule has 1 aromatic rings. The highest BCUT2D eigenvalue weighted by Gasteiger charge is 2.40. The van der Waals surface area contributed by atoms with Gasteiger partial charge in [0.2, 0.25) is 0 Å². The Morgan fingerprint density at radius 3 is 2.67 bits per heavy atom. The molecule has 0 spiro atoms. The Morgan fingerprint density at radius 2 is 2.13 bits per heavy atom. The van der Waals surface area contributed by atoms with E-state index in [1.165, 1.54) is 5.56 Å². The Hall–Kier alpha value is -1.35. The van der Waals surface area contributed by atoms with E-state index in [2.05, 4.69) is 0 Å². The number of carboxylic acid groups (broad SMARTS) is 1. The SMILES string of the molecule is C[C@@H]1CN(Cc2ccccc2)[C@@H]1C(=O)O. The van der Waals surface area contributed by atoms with Gasteiger partial charge in [0.25, 0.3) is 0 Å². The predicted molar refractivity (Wildman–Crippen MR) is 57.4 cm³/mol. The van der Waals surface area contributed by atoms with E-state index in [1.54, 1.807) is 0 Å². The van der Waals surface area contributed by atoms with Crippen LogP contribution >= 0.6 is 0 Å². The lowest BCUT2D eigenvalue weighted by molar-refractivity contribution is -0.153. The molecule has 2 atom stereocenters. The van der Waals surface area contributed by atoms with Gasteiger partial charge in [0.1, 0.15) is 6.04 Å². The van der Waals surface area contributed by atoms with Gasteiger partial charge in [0, 0.05) is 13.1 Å². The van der Waals surface area contributed by atoms with E-state index in [0.717, 1.165) is 13.1 Å². The standard InChI is InChI=1S/C12H15NO2/c1-9-7-13(11(9)12(14)15)8-10-5-3-2-4-6-10/h2-6,9,11H,7-8H2,1H3,(H,14,15)/t9-,11+/m1/s1. The molecule has 1 N–H and O–H groups in total. The van der Waals surface area contributed by atoms with Gasteiger partial charge in [0.15, 0.2) is 0 Å². The first-order chi connectivity index (χ1) is 7.18. The van der Waals surface area contributed by atoms with Gasteiger partial charge in [-0.1, -0.05) is 37.3 Å². The lowest BCUT2D eigenvalue weighted by Crippen LogP contribution is -2.58. The summed E-state index contributed by atoms with van der Waals surface area (Å²) in [6, 6.07) is 9.69. The van der Waals surface area contributed by atoms with E-state index >= 15 is 0 Å². The fourth-order valence-electron chi connectivity index (χ4n) is 2.19. The first kappa shape index (κ1) is 10.2. The van der Waals surface area contributed by atoms with Crippen molar-refractivity contribution in [2.45, 2.75) is 19.5 Å². The normalized spacial score (nSPS) is 25.9. The lowest BCUT2D eigenvalue weighted by Gasteiger charge is -2.43. The van der Waals surface area contributed by atoms with Crippen molar-refractivity contribution in [2.75, 3.05) is 6.54 Å². The molecule has 0 aromatic heterocycles. The molecule has 1 heterocycles. The zero-order chi connectivity index (χ0) is 10.8. The molecule has 0 radical (unpaired) electrons. The first-order valence-corrected chi connectivity index (χ1v) is 5.19. The highest BCUT2D eigenvalue weighted by Crippen LogP contribution is 2.26. The molecule has 0 aliphatic carbocycles. The third kappa shape index (κ3) is 2.02. The van der Waals surface area contributed by atoms with E-state index in [-0.39, 0.29) is 12.0 Å². The fourth-order valence-corrected chi connectivity index (χ4v) is 2.19. The zero-order valence-corrected chi connectivity index (χ0v) is 8.76. The predicted octanol–water partition coefficient (Wildman–Crippen LogP) is 1.59. The molecule has 80 valence electrons. The van der Waals surface area contributed by atoms with Crippen molar-refractivity contribution in [3.8, 4) is 0 Å². The van der Waals surface area contributed by atoms with Crippen molar-refractivity contribution in [1.82, 2.24) is 4.90 Å². The molecule has 1 aromatic carbocycles. The highest BCUT2D eigenvalue weighted by molar-refractivity contribution is 5.75. The molecular formula is C12H15NO2. The van der Waals surface area contributed by atoms with Gasteiger partial charge in [-0.15, -0.1) is 0 Å². The summed E-state index contributed by atoms with van der Waals surface area (Å²) in [5.41, 5.74) is 1.18. The smallest absolute Gasteiger partial charge is 0.321 e. The maximum atomic E-state index is 11.0. The minimum atomic E-state index is -0.704. The molecule has 3 nitrogen and oxygen atoms in total. The number of aliphatic carboxylic acids is 1. The molecule has 1 aliphatic heterocycles. The van der Waals surface area contributed by atoms with Gasteiger partial charge in [-0.05, 0) is 11.5 Å². The fraction of sp³-hybridized carbons (Fsp3) is 0.417. The number of hydrogen-bond acceptors (Lipinski definition) is 2. The van der Waals surface area contributed by atoms with Crippen LogP contribution in [0.3, 0.4) is 0 Å². The van der Waals surface area contributed by atoms with Gasteiger partial charge >= 0.3 is 5.97 Å². The van der Waals surface area contributed by atoms with Crippen LogP contribution < -0.4 is 0 Å². The van der Waals surface area contributed by atoms with Gasteiger partial charge in [-0.2, -0.15) is 0 Å². The number of carbonyl (C=O) groups is 1. The summed E-state index contributed by atoms with van der Waals surface area (Å²) in [4.78, 5) is 13.0. The second-order valence-corrected chi connectivity index (χ2v) is 4.18. The summed E-state index contributed by atoms with van der Waals surface area (Å²) >= 11 is 0. The Bertz CT molecular complexity index is 350. The van der Waals surface area contributed by atoms with Gasteiger partial charge in [0.05, 0.1) is 0 Å². The van der Waals surface area contributed by atoms with E-state index < -0.39 is 5.97 Å². The minimum absolute atomic E-state index is 0.270. The molecule has 15 heavy (non-hydrogen) atoms. The minimum Gasteiger partial charge on any atom is -0.480 e. The van der Waals surface area contributed by atoms with Crippen molar-refractivity contribution in [3.63, 3.8) is 0 Å². The maximum absolute atomic E-state index is 11.0. The molecule has 0 saturated carbocycles. The Balaban J connectivity index is 2.00. The van der Waals surface area contributed by atoms with Crippen molar-refractivity contribution in [1.29, 1.82) is 0 Å². The van der Waals surface area contributed by atoms with Crippen molar-refractivity contribution in [2.24, 2.45) is 5.92 Å². The van der Waals surface area contributed by atoms with Crippen molar-refractivity contribution >= 4 is 5.97 Å². The number of hydrogen-bond donors (Lipinski definition) is 1. The lowest BCUT2D eigenvalue weighted by atomic mass is 9.90. The van der Waals surface area contributed by atoms with Crippen LogP contribution in [0.25, 0.3) is 0 Å². The average molecular weight is 205 g/mol. The Morgan fingerprint density at radius 1 is 1.47 bits per heavy atom. The summed E-state index contributed by atoms with van der Waals surface area (Å²) < 4.78 is 0. The highest BCUT2D eigenvalue weighted by atomic mass is 16.4. The van der Waals surface area contributed by atoms with Crippen LogP contribution in [0.1, 0.15) is 12.5 Å². The summed E-state index contributed by atoms with van der Waals surface area (Å²) in [6.07, 6.45) is 0. The Labute approximate surface area is 89.3 Å². The molecule has 0 bridgehead atoms. The molecule has 1 aliphatic rings. The molecule has 0 unspecified atom stereocenters. The Kier molecular flexibility index (Phi) is 2.73. The number of rotatable bonds is 3.